The van der Waals surface area contributed by atoms with Gasteiger partial charge in [0.2, 0.25) is 0 Å². The molecular weight excluding hydrogens is 202 g/mol. The number of aromatic nitrogens is 1. The fourth-order valence-corrected chi connectivity index (χ4v) is 1.40. The van der Waals surface area contributed by atoms with Crippen LogP contribution in [0.25, 0.3) is 0 Å². The molecule has 1 rings (SSSR count). The Labute approximate surface area is 87.7 Å². The zero-order valence-corrected chi connectivity index (χ0v) is 8.88. The summed E-state index contributed by atoms with van der Waals surface area (Å²) in [6.45, 7) is 3.96. The van der Waals surface area contributed by atoms with Crippen LogP contribution < -0.4 is 0 Å². The summed E-state index contributed by atoms with van der Waals surface area (Å²) < 4.78 is 0. The number of nitrogens with zero attached hydrogens (tertiary/aromatic N) is 1. The molecule has 0 aliphatic carbocycles. The summed E-state index contributed by atoms with van der Waals surface area (Å²) in [7, 11) is 0. The van der Waals surface area contributed by atoms with Crippen molar-refractivity contribution in [2.45, 2.75) is 26.2 Å². The van der Waals surface area contributed by atoms with Crippen molar-refractivity contribution in [3.8, 4) is 0 Å². The van der Waals surface area contributed by atoms with E-state index in [1.807, 2.05) is 13.8 Å². The summed E-state index contributed by atoms with van der Waals surface area (Å²) in [6, 6.07) is 1.67. The van der Waals surface area contributed by atoms with Crippen LogP contribution in [0.1, 0.15) is 42.2 Å². The highest BCUT2D eigenvalue weighted by molar-refractivity contribution is 6.30. The summed E-state index contributed by atoms with van der Waals surface area (Å²) in [5.74, 6) is -0.843. The number of aromatic carboxylic acids is 1. The number of rotatable bonds is 3. The minimum Gasteiger partial charge on any atom is -0.477 e. The predicted octanol–water partition coefficient (Wildman–Crippen LogP) is 2.95. The van der Waals surface area contributed by atoms with Crippen molar-refractivity contribution in [2.75, 3.05) is 0 Å². The molecule has 0 spiro atoms. The Balaban J connectivity index is 3.22. The highest BCUT2D eigenvalue weighted by atomic mass is 35.5. The molecule has 4 heteroatoms. The third-order valence-electron chi connectivity index (χ3n) is 2.23. The first-order chi connectivity index (χ1) is 6.56. The summed E-state index contributed by atoms with van der Waals surface area (Å²) in [5.41, 5.74) is 0.802. The average molecular weight is 214 g/mol. The number of carbonyl (C=O) groups is 1. The number of hydrogen-bond donors (Lipinski definition) is 1. The average Bonchev–Trinajstić information content (AvgIpc) is 2.16. The van der Waals surface area contributed by atoms with E-state index in [4.69, 9.17) is 16.7 Å². The Morgan fingerprint density at radius 2 is 2.36 bits per heavy atom. The van der Waals surface area contributed by atoms with Gasteiger partial charge in [-0.1, -0.05) is 25.4 Å². The fraction of sp³-hybridized carbons (Fsp3) is 0.400. The number of halogens is 1. The van der Waals surface area contributed by atoms with Gasteiger partial charge in [-0.3, -0.25) is 0 Å². The molecule has 0 radical (unpaired) electrons. The molecule has 0 aliphatic heterocycles. The molecule has 0 aliphatic rings. The van der Waals surface area contributed by atoms with Crippen LogP contribution in [0.4, 0.5) is 0 Å². The molecule has 14 heavy (non-hydrogen) atoms. The first-order valence-corrected chi connectivity index (χ1v) is 4.82. The lowest BCUT2D eigenvalue weighted by atomic mass is 9.97. The van der Waals surface area contributed by atoms with Crippen LogP contribution in [0.3, 0.4) is 0 Å². The maximum Gasteiger partial charge on any atom is 0.354 e. The van der Waals surface area contributed by atoms with Crippen molar-refractivity contribution in [2.24, 2.45) is 0 Å². The molecule has 1 heterocycles. The predicted molar refractivity (Wildman–Crippen MR) is 54.9 cm³/mol. The van der Waals surface area contributed by atoms with Crippen molar-refractivity contribution in [1.29, 1.82) is 0 Å². The van der Waals surface area contributed by atoms with E-state index in [-0.39, 0.29) is 11.6 Å². The molecule has 0 saturated heterocycles. The Kier molecular flexibility index (Phi) is 3.47. The molecule has 1 atom stereocenters. The first-order valence-electron chi connectivity index (χ1n) is 4.45. The van der Waals surface area contributed by atoms with Crippen molar-refractivity contribution < 1.29 is 9.90 Å². The lowest BCUT2D eigenvalue weighted by Crippen LogP contribution is -2.07. The summed E-state index contributed by atoms with van der Waals surface area (Å²) in [6.07, 6.45) is 2.22. The van der Waals surface area contributed by atoms with Gasteiger partial charge in [0.25, 0.3) is 0 Å². The van der Waals surface area contributed by atoms with Gasteiger partial charge in [0.1, 0.15) is 0 Å². The Morgan fingerprint density at radius 1 is 1.71 bits per heavy atom. The fourth-order valence-electron chi connectivity index (χ4n) is 1.23. The molecule has 3 nitrogen and oxygen atoms in total. The minimum atomic E-state index is -1.00. The lowest BCUT2D eigenvalue weighted by Gasteiger charge is -2.11. The monoisotopic (exact) mass is 213 g/mol. The molecule has 76 valence electrons. The largest absolute Gasteiger partial charge is 0.477 e. The highest BCUT2D eigenvalue weighted by Gasteiger charge is 2.16. The van der Waals surface area contributed by atoms with Gasteiger partial charge in [-0.05, 0) is 24.0 Å². The maximum absolute atomic E-state index is 10.8. The topological polar surface area (TPSA) is 50.2 Å². The van der Waals surface area contributed by atoms with Gasteiger partial charge in [-0.15, -0.1) is 0 Å². The van der Waals surface area contributed by atoms with Gasteiger partial charge in [0.15, 0.2) is 5.69 Å². The van der Waals surface area contributed by atoms with E-state index in [9.17, 15) is 4.79 Å². The normalized spacial score (nSPS) is 12.5. The maximum atomic E-state index is 10.8. The van der Waals surface area contributed by atoms with E-state index in [1.165, 1.54) is 6.20 Å². The molecule has 0 aromatic carbocycles. The summed E-state index contributed by atoms with van der Waals surface area (Å²) in [4.78, 5) is 14.7. The third-order valence-corrected chi connectivity index (χ3v) is 2.44. The zero-order chi connectivity index (χ0) is 10.7. The number of carboxylic acid groups (broad SMARTS) is 1. The molecular formula is C10H12ClNO2. The molecule has 0 bridgehead atoms. The van der Waals surface area contributed by atoms with Crippen molar-refractivity contribution in [3.05, 3.63) is 28.5 Å². The second-order valence-electron chi connectivity index (χ2n) is 3.21. The number of hydrogen-bond acceptors (Lipinski definition) is 2. The van der Waals surface area contributed by atoms with Gasteiger partial charge in [-0.2, -0.15) is 0 Å². The smallest absolute Gasteiger partial charge is 0.354 e. The van der Waals surface area contributed by atoms with Gasteiger partial charge in [0, 0.05) is 6.20 Å². The number of carboxylic acids is 1. The quantitative estimate of drug-likeness (QED) is 0.840. The van der Waals surface area contributed by atoms with E-state index in [0.29, 0.717) is 10.6 Å². The molecule has 0 fully saturated rings. The summed E-state index contributed by atoms with van der Waals surface area (Å²) in [5, 5.41) is 9.37. The van der Waals surface area contributed by atoms with Gasteiger partial charge < -0.3 is 5.11 Å². The molecule has 1 aromatic heterocycles. The van der Waals surface area contributed by atoms with Crippen LogP contribution in [0.15, 0.2) is 12.3 Å². The summed E-state index contributed by atoms with van der Waals surface area (Å²) >= 11 is 5.77. The minimum absolute atomic E-state index is 0.101. The second-order valence-corrected chi connectivity index (χ2v) is 3.64. The van der Waals surface area contributed by atoms with Crippen LogP contribution in [-0.2, 0) is 0 Å². The molecule has 0 saturated carbocycles. The SMILES string of the molecule is CCC(C)c1cc(Cl)cnc1C(=O)O. The van der Waals surface area contributed by atoms with Crippen LogP contribution in [0.2, 0.25) is 5.02 Å². The van der Waals surface area contributed by atoms with E-state index in [2.05, 4.69) is 4.98 Å². The van der Waals surface area contributed by atoms with Crippen molar-refractivity contribution in [3.63, 3.8) is 0 Å². The van der Waals surface area contributed by atoms with Gasteiger partial charge in [-0.25, -0.2) is 9.78 Å². The van der Waals surface area contributed by atoms with E-state index >= 15 is 0 Å². The Bertz CT molecular complexity index is 352. The van der Waals surface area contributed by atoms with E-state index in [0.717, 1.165) is 6.42 Å². The standard InChI is InChI=1S/C10H12ClNO2/c1-3-6(2)8-4-7(11)5-12-9(8)10(13)14/h4-6H,3H2,1-2H3,(H,13,14). The van der Waals surface area contributed by atoms with E-state index < -0.39 is 5.97 Å². The molecule has 1 unspecified atom stereocenters. The van der Waals surface area contributed by atoms with Crippen molar-refractivity contribution in [1.82, 2.24) is 4.98 Å². The highest BCUT2D eigenvalue weighted by Crippen LogP contribution is 2.24. The molecule has 1 aromatic rings. The third kappa shape index (κ3) is 2.23. The second kappa shape index (κ2) is 4.42. The van der Waals surface area contributed by atoms with E-state index in [1.54, 1.807) is 6.07 Å². The van der Waals surface area contributed by atoms with Crippen LogP contribution in [0.5, 0.6) is 0 Å². The van der Waals surface area contributed by atoms with Crippen LogP contribution in [-0.4, -0.2) is 16.1 Å². The molecule has 1 N–H and O–H groups in total. The first kappa shape index (κ1) is 11.0. The zero-order valence-electron chi connectivity index (χ0n) is 8.12. The van der Waals surface area contributed by atoms with Crippen LogP contribution >= 0.6 is 11.6 Å². The van der Waals surface area contributed by atoms with Gasteiger partial charge >= 0.3 is 5.97 Å². The number of pyridine rings is 1. The van der Waals surface area contributed by atoms with Crippen LogP contribution in [0, 0.1) is 0 Å². The molecule has 0 amide bonds. The Hall–Kier alpha value is -1.09. The van der Waals surface area contributed by atoms with Gasteiger partial charge in [0.05, 0.1) is 5.02 Å². The lowest BCUT2D eigenvalue weighted by molar-refractivity contribution is 0.0688. The Morgan fingerprint density at radius 3 is 2.86 bits per heavy atom. The van der Waals surface area contributed by atoms with Crippen molar-refractivity contribution >= 4 is 17.6 Å².